The summed E-state index contributed by atoms with van der Waals surface area (Å²) in [4.78, 5) is 22.1. The minimum atomic E-state index is -0.488. The number of nitro benzene ring substituents is 1. The normalized spacial score (nSPS) is 11.9. The van der Waals surface area contributed by atoms with Crippen LogP contribution in [0.1, 0.15) is 30.1 Å². The highest BCUT2D eigenvalue weighted by Crippen LogP contribution is 2.12. The molecule has 1 aromatic rings. The van der Waals surface area contributed by atoms with Crippen molar-refractivity contribution in [1.29, 1.82) is 0 Å². The molecular formula is C12H15BrN2O3. The molecule has 0 aliphatic heterocycles. The molecule has 6 heteroatoms. The summed E-state index contributed by atoms with van der Waals surface area (Å²) in [6.45, 7) is 2.65. The summed E-state index contributed by atoms with van der Waals surface area (Å²) in [5.74, 6) is -0.208. The first-order chi connectivity index (χ1) is 8.54. The smallest absolute Gasteiger partial charge is 0.269 e. The van der Waals surface area contributed by atoms with Crippen LogP contribution in [0.25, 0.3) is 0 Å². The monoisotopic (exact) mass is 314 g/mol. The summed E-state index contributed by atoms with van der Waals surface area (Å²) in [5, 5.41) is 13.2. The maximum Gasteiger partial charge on any atom is 0.269 e. The molecule has 0 radical (unpaired) electrons. The van der Waals surface area contributed by atoms with Crippen molar-refractivity contribution in [1.82, 2.24) is 5.32 Å². The van der Waals surface area contributed by atoms with E-state index < -0.39 is 4.92 Å². The van der Waals surface area contributed by atoms with Crippen LogP contribution in [0.4, 0.5) is 5.69 Å². The summed E-state index contributed by atoms with van der Waals surface area (Å²) >= 11 is 3.48. The summed E-state index contributed by atoms with van der Waals surface area (Å²) < 4.78 is 0. The van der Waals surface area contributed by atoms with Gasteiger partial charge in [0.25, 0.3) is 11.6 Å². The quantitative estimate of drug-likeness (QED) is 0.498. The Morgan fingerprint density at radius 3 is 2.56 bits per heavy atom. The molecule has 0 bridgehead atoms. The van der Waals surface area contributed by atoms with Gasteiger partial charge in [0.2, 0.25) is 0 Å². The Hall–Kier alpha value is -1.43. The predicted molar refractivity (Wildman–Crippen MR) is 73.1 cm³/mol. The molecule has 1 atom stereocenters. The molecule has 1 N–H and O–H groups in total. The van der Waals surface area contributed by atoms with Gasteiger partial charge in [-0.25, -0.2) is 0 Å². The topological polar surface area (TPSA) is 72.2 Å². The van der Waals surface area contributed by atoms with Gasteiger partial charge in [-0.1, -0.05) is 22.9 Å². The van der Waals surface area contributed by atoms with Gasteiger partial charge >= 0.3 is 0 Å². The molecular weight excluding hydrogens is 300 g/mol. The third kappa shape index (κ3) is 4.44. The fourth-order valence-electron chi connectivity index (χ4n) is 1.38. The highest BCUT2D eigenvalue weighted by Gasteiger charge is 2.09. The fourth-order valence-corrected chi connectivity index (χ4v) is 1.61. The van der Waals surface area contributed by atoms with E-state index >= 15 is 0 Å². The Morgan fingerprint density at radius 2 is 2.06 bits per heavy atom. The molecule has 0 fully saturated rings. The van der Waals surface area contributed by atoms with Crippen LogP contribution in [-0.2, 0) is 0 Å². The zero-order chi connectivity index (χ0) is 13.5. The van der Waals surface area contributed by atoms with Gasteiger partial charge in [0, 0.05) is 29.1 Å². The lowest BCUT2D eigenvalue weighted by Crippen LogP contribution is -2.25. The standard InChI is InChI=1S/C12H15BrN2O3/c1-2-10(13)7-8-14-12(16)9-3-5-11(6-4-9)15(17)18/h3-6,10H,2,7-8H2,1H3,(H,14,16). The Kier molecular flexibility index (Phi) is 5.77. The molecule has 0 saturated carbocycles. The van der Waals surface area contributed by atoms with Gasteiger partial charge in [0.15, 0.2) is 0 Å². The maximum atomic E-state index is 11.7. The second-order valence-electron chi connectivity index (χ2n) is 3.85. The Balaban J connectivity index is 2.49. The molecule has 1 aromatic carbocycles. The summed E-state index contributed by atoms with van der Waals surface area (Å²) in [6, 6.07) is 5.57. The van der Waals surface area contributed by atoms with Crippen molar-refractivity contribution in [3.63, 3.8) is 0 Å². The molecule has 0 aliphatic rings. The fraction of sp³-hybridized carbons (Fsp3) is 0.417. The highest BCUT2D eigenvalue weighted by molar-refractivity contribution is 9.09. The van der Waals surface area contributed by atoms with E-state index in [2.05, 4.69) is 28.2 Å². The van der Waals surface area contributed by atoms with E-state index in [1.165, 1.54) is 24.3 Å². The predicted octanol–water partition coefficient (Wildman–Crippen LogP) is 2.89. The summed E-state index contributed by atoms with van der Waals surface area (Å²) in [7, 11) is 0. The van der Waals surface area contributed by atoms with Crippen LogP contribution in [-0.4, -0.2) is 22.2 Å². The number of nitrogens with zero attached hydrogens (tertiary/aromatic N) is 1. The number of alkyl halides is 1. The van der Waals surface area contributed by atoms with Crippen LogP contribution in [0.5, 0.6) is 0 Å². The molecule has 0 aromatic heterocycles. The highest BCUT2D eigenvalue weighted by atomic mass is 79.9. The number of carbonyl (C=O) groups is 1. The lowest BCUT2D eigenvalue weighted by atomic mass is 10.2. The average molecular weight is 315 g/mol. The SMILES string of the molecule is CCC(Br)CCNC(=O)c1ccc([N+](=O)[O-])cc1. The van der Waals surface area contributed by atoms with Gasteiger partial charge < -0.3 is 5.32 Å². The second-order valence-corrected chi connectivity index (χ2v) is 5.15. The lowest BCUT2D eigenvalue weighted by Gasteiger charge is -2.08. The molecule has 18 heavy (non-hydrogen) atoms. The van der Waals surface area contributed by atoms with Crippen LogP contribution < -0.4 is 5.32 Å². The Labute approximate surface area is 114 Å². The van der Waals surface area contributed by atoms with E-state index in [4.69, 9.17) is 0 Å². The van der Waals surface area contributed by atoms with Crippen LogP contribution in [0.15, 0.2) is 24.3 Å². The first-order valence-corrected chi connectivity index (χ1v) is 6.63. The molecule has 0 saturated heterocycles. The third-order valence-electron chi connectivity index (χ3n) is 2.53. The van der Waals surface area contributed by atoms with Gasteiger partial charge in [-0.05, 0) is 25.0 Å². The van der Waals surface area contributed by atoms with Crippen molar-refractivity contribution in [3.05, 3.63) is 39.9 Å². The largest absolute Gasteiger partial charge is 0.352 e. The number of rotatable bonds is 6. The molecule has 0 spiro atoms. The van der Waals surface area contributed by atoms with Crippen molar-refractivity contribution < 1.29 is 9.72 Å². The van der Waals surface area contributed by atoms with Gasteiger partial charge in [-0.3, -0.25) is 14.9 Å². The minimum Gasteiger partial charge on any atom is -0.352 e. The van der Waals surface area contributed by atoms with Gasteiger partial charge in [-0.15, -0.1) is 0 Å². The summed E-state index contributed by atoms with van der Waals surface area (Å²) in [5.41, 5.74) is 0.418. The van der Waals surface area contributed by atoms with E-state index in [-0.39, 0.29) is 11.6 Å². The number of hydrogen-bond acceptors (Lipinski definition) is 3. The molecule has 1 unspecified atom stereocenters. The van der Waals surface area contributed by atoms with E-state index in [1.54, 1.807) is 0 Å². The summed E-state index contributed by atoms with van der Waals surface area (Å²) in [6.07, 6.45) is 1.86. The van der Waals surface area contributed by atoms with Crippen molar-refractivity contribution in [2.45, 2.75) is 24.6 Å². The van der Waals surface area contributed by atoms with E-state index in [0.717, 1.165) is 12.8 Å². The van der Waals surface area contributed by atoms with Crippen LogP contribution in [0.3, 0.4) is 0 Å². The second kappa shape index (κ2) is 7.10. The van der Waals surface area contributed by atoms with Crippen molar-refractivity contribution in [2.75, 3.05) is 6.54 Å². The minimum absolute atomic E-state index is 0.0157. The number of amides is 1. The number of nitrogens with one attached hydrogen (secondary N) is 1. The first-order valence-electron chi connectivity index (χ1n) is 5.71. The Bertz CT molecular complexity index is 420. The molecule has 1 amide bonds. The zero-order valence-corrected chi connectivity index (χ0v) is 11.6. The van der Waals surface area contributed by atoms with E-state index in [9.17, 15) is 14.9 Å². The maximum absolute atomic E-state index is 11.7. The molecule has 0 heterocycles. The molecule has 98 valence electrons. The van der Waals surface area contributed by atoms with Gasteiger partial charge in [0.1, 0.15) is 0 Å². The van der Waals surface area contributed by atoms with Crippen molar-refractivity contribution >= 4 is 27.5 Å². The number of benzene rings is 1. The first kappa shape index (κ1) is 14.6. The van der Waals surface area contributed by atoms with Crippen molar-refractivity contribution in [2.24, 2.45) is 0 Å². The van der Waals surface area contributed by atoms with E-state index in [1.807, 2.05) is 0 Å². The third-order valence-corrected chi connectivity index (χ3v) is 3.63. The number of carbonyl (C=O) groups excluding carboxylic acids is 1. The van der Waals surface area contributed by atoms with E-state index in [0.29, 0.717) is 16.9 Å². The molecule has 5 nitrogen and oxygen atoms in total. The molecule has 1 rings (SSSR count). The number of hydrogen-bond donors (Lipinski definition) is 1. The molecule has 0 aliphatic carbocycles. The zero-order valence-electron chi connectivity index (χ0n) is 10.1. The van der Waals surface area contributed by atoms with Crippen LogP contribution in [0, 0.1) is 10.1 Å². The number of halogens is 1. The van der Waals surface area contributed by atoms with Crippen LogP contribution >= 0.6 is 15.9 Å². The van der Waals surface area contributed by atoms with Crippen molar-refractivity contribution in [3.8, 4) is 0 Å². The van der Waals surface area contributed by atoms with Crippen LogP contribution in [0.2, 0.25) is 0 Å². The average Bonchev–Trinajstić information content (AvgIpc) is 2.38. The van der Waals surface area contributed by atoms with Gasteiger partial charge in [0.05, 0.1) is 4.92 Å². The number of non-ortho nitro benzene ring substituents is 1. The lowest BCUT2D eigenvalue weighted by molar-refractivity contribution is -0.384. The number of nitro groups is 1. The van der Waals surface area contributed by atoms with Gasteiger partial charge in [-0.2, -0.15) is 0 Å². The Morgan fingerprint density at radius 1 is 1.44 bits per heavy atom.